The van der Waals surface area contributed by atoms with Crippen LogP contribution in [0.1, 0.15) is 15.9 Å². The summed E-state index contributed by atoms with van der Waals surface area (Å²) in [6.45, 7) is 0.855. The third kappa shape index (κ3) is 4.01. The number of fused-ring (bicyclic) bond motifs is 1. The van der Waals surface area contributed by atoms with E-state index < -0.39 is 5.82 Å². The van der Waals surface area contributed by atoms with Gasteiger partial charge in [0.25, 0.3) is 5.91 Å². The number of nitrogens with zero attached hydrogens (tertiary/aromatic N) is 1. The molecule has 0 aliphatic heterocycles. The van der Waals surface area contributed by atoms with Crippen molar-refractivity contribution in [2.75, 3.05) is 25.6 Å². The molecule has 0 atom stereocenters. The molecule has 7 heteroatoms. The summed E-state index contributed by atoms with van der Waals surface area (Å²) in [5.41, 5.74) is 2.75. The van der Waals surface area contributed by atoms with Crippen LogP contribution in [0.4, 0.5) is 10.1 Å². The van der Waals surface area contributed by atoms with Gasteiger partial charge in [0.2, 0.25) is 0 Å². The Balaban J connectivity index is 1.74. The molecule has 3 rings (SSSR count). The average Bonchev–Trinajstić information content (AvgIpc) is 3.10. The van der Waals surface area contributed by atoms with Crippen LogP contribution >= 0.6 is 0 Å². The Kier molecular flexibility index (Phi) is 5.37. The molecule has 0 aliphatic carbocycles. The number of halogens is 1. The number of rotatable bonds is 7. The predicted octanol–water partition coefficient (Wildman–Crippen LogP) is 3.12. The van der Waals surface area contributed by atoms with Gasteiger partial charge in [0, 0.05) is 18.2 Å². The molecule has 130 valence electrons. The minimum absolute atomic E-state index is 0.0747. The first-order chi connectivity index (χ1) is 12.2. The number of aromatic amines is 1. The summed E-state index contributed by atoms with van der Waals surface area (Å²) in [6.07, 6.45) is 1.56. The molecular formula is C18H18FN3O3. The molecular weight excluding hydrogens is 325 g/mol. The molecule has 1 heterocycles. The van der Waals surface area contributed by atoms with Gasteiger partial charge in [0.05, 0.1) is 37.4 Å². The van der Waals surface area contributed by atoms with E-state index in [2.05, 4.69) is 15.3 Å². The van der Waals surface area contributed by atoms with Gasteiger partial charge in [0.1, 0.15) is 11.3 Å². The van der Waals surface area contributed by atoms with Crippen LogP contribution in [-0.2, 0) is 16.1 Å². The van der Waals surface area contributed by atoms with Crippen molar-refractivity contribution < 1.29 is 18.7 Å². The maximum atomic E-state index is 13.9. The number of amides is 1. The number of H-pyrrole nitrogens is 1. The first kappa shape index (κ1) is 17.1. The van der Waals surface area contributed by atoms with Crippen LogP contribution in [0.5, 0.6) is 0 Å². The molecule has 0 aliphatic rings. The predicted molar refractivity (Wildman–Crippen MR) is 92.0 cm³/mol. The van der Waals surface area contributed by atoms with Crippen molar-refractivity contribution in [1.29, 1.82) is 0 Å². The van der Waals surface area contributed by atoms with Crippen molar-refractivity contribution in [3.63, 3.8) is 0 Å². The maximum absolute atomic E-state index is 13.9. The number of hydrogen-bond donors (Lipinski definition) is 2. The van der Waals surface area contributed by atoms with E-state index in [9.17, 15) is 9.18 Å². The van der Waals surface area contributed by atoms with Gasteiger partial charge >= 0.3 is 0 Å². The third-order valence-electron chi connectivity index (χ3n) is 3.70. The molecule has 0 unspecified atom stereocenters. The van der Waals surface area contributed by atoms with Crippen molar-refractivity contribution in [2.24, 2.45) is 0 Å². The fourth-order valence-corrected chi connectivity index (χ4v) is 2.41. The SMILES string of the molecule is COCCOCc1cc(C(=O)Nc2cccc3[nH]cnc23)ccc1F. The third-order valence-corrected chi connectivity index (χ3v) is 3.70. The van der Waals surface area contributed by atoms with Gasteiger partial charge in [-0.05, 0) is 30.3 Å². The lowest BCUT2D eigenvalue weighted by atomic mass is 10.1. The fourth-order valence-electron chi connectivity index (χ4n) is 2.41. The quantitative estimate of drug-likeness (QED) is 0.646. The molecule has 0 radical (unpaired) electrons. The van der Waals surface area contributed by atoms with Crippen LogP contribution in [-0.4, -0.2) is 36.2 Å². The van der Waals surface area contributed by atoms with E-state index in [1.54, 1.807) is 19.5 Å². The van der Waals surface area contributed by atoms with Crippen molar-refractivity contribution in [3.05, 3.63) is 59.7 Å². The molecule has 25 heavy (non-hydrogen) atoms. The second kappa shape index (κ2) is 7.87. The zero-order valence-corrected chi connectivity index (χ0v) is 13.7. The van der Waals surface area contributed by atoms with Gasteiger partial charge in [-0.3, -0.25) is 4.79 Å². The first-order valence-corrected chi connectivity index (χ1v) is 7.77. The summed E-state index contributed by atoms with van der Waals surface area (Å²) in [4.78, 5) is 19.7. The lowest BCUT2D eigenvalue weighted by Crippen LogP contribution is -2.13. The number of ether oxygens (including phenoxy) is 2. The molecule has 6 nitrogen and oxygen atoms in total. The van der Waals surface area contributed by atoms with Crippen molar-refractivity contribution in [3.8, 4) is 0 Å². The highest BCUT2D eigenvalue weighted by Gasteiger charge is 2.12. The Morgan fingerprint density at radius 2 is 2.16 bits per heavy atom. The molecule has 1 amide bonds. The topological polar surface area (TPSA) is 76.2 Å². The van der Waals surface area contributed by atoms with Gasteiger partial charge in [-0.1, -0.05) is 6.07 Å². The second-order valence-electron chi connectivity index (χ2n) is 5.41. The van der Waals surface area contributed by atoms with Crippen LogP contribution in [0.25, 0.3) is 11.0 Å². The summed E-state index contributed by atoms with van der Waals surface area (Å²) in [7, 11) is 1.56. The highest BCUT2D eigenvalue weighted by atomic mass is 19.1. The minimum atomic E-state index is -0.414. The zero-order valence-electron chi connectivity index (χ0n) is 13.7. The van der Waals surface area contributed by atoms with Gasteiger partial charge in [-0.15, -0.1) is 0 Å². The standard InChI is InChI=1S/C18H18FN3O3/c1-24-7-8-25-10-13-9-12(5-6-14(13)19)18(23)22-16-4-2-3-15-17(16)21-11-20-15/h2-6,9,11H,7-8,10H2,1H3,(H,20,21)(H,22,23). The van der Waals surface area contributed by atoms with Crippen LogP contribution in [0, 0.1) is 5.82 Å². The molecule has 3 aromatic rings. The first-order valence-electron chi connectivity index (χ1n) is 7.77. The maximum Gasteiger partial charge on any atom is 0.255 e. The summed E-state index contributed by atoms with van der Waals surface area (Å²) in [5, 5.41) is 2.81. The lowest BCUT2D eigenvalue weighted by Gasteiger charge is -2.09. The van der Waals surface area contributed by atoms with E-state index >= 15 is 0 Å². The molecule has 0 saturated heterocycles. The number of para-hydroxylation sites is 1. The Morgan fingerprint density at radius 3 is 3.00 bits per heavy atom. The van der Waals surface area contributed by atoms with Crippen LogP contribution < -0.4 is 5.32 Å². The number of benzene rings is 2. The van der Waals surface area contributed by atoms with Crippen LogP contribution in [0.15, 0.2) is 42.7 Å². The van der Waals surface area contributed by atoms with Crippen LogP contribution in [0.3, 0.4) is 0 Å². The van der Waals surface area contributed by atoms with E-state index in [4.69, 9.17) is 9.47 Å². The summed E-state index contributed by atoms with van der Waals surface area (Å²) < 4.78 is 24.1. The van der Waals surface area contributed by atoms with Gasteiger partial charge in [-0.2, -0.15) is 0 Å². The van der Waals surface area contributed by atoms with Crippen molar-refractivity contribution >= 4 is 22.6 Å². The number of anilines is 1. The van der Waals surface area contributed by atoms with Gasteiger partial charge < -0.3 is 19.8 Å². The van der Waals surface area contributed by atoms with E-state index in [1.165, 1.54) is 18.2 Å². The van der Waals surface area contributed by atoms with Gasteiger partial charge in [0.15, 0.2) is 0 Å². The smallest absolute Gasteiger partial charge is 0.255 e. The highest BCUT2D eigenvalue weighted by molar-refractivity contribution is 6.08. The fraction of sp³-hybridized carbons (Fsp3) is 0.222. The largest absolute Gasteiger partial charge is 0.382 e. The Labute approximate surface area is 144 Å². The minimum Gasteiger partial charge on any atom is -0.382 e. The van der Waals surface area contributed by atoms with Crippen molar-refractivity contribution in [1.82, 2.24) is 9.97 Å². The molecule has 0 fully saturated rings. The molecule has 0 bridgehead atoms. The molecule has 0 spiro atoms. The van der Waals surface area contributed by atoms with Gasteiger partial charge in [-0.25, -0.2) is 9.37 Å². The number of aromatic nitrogens is 2. The number of hydrogen-bond acceptors (Lipinski definition) is 4. The van der Waals surface area contributed by atoms with Crippen molar-refractivity contribution in [2.45, 2.75) is 6.61 Å². The number of methoxy groups -OCH3 is 1. The highest BCUT2D eigenvalue weighted by Crippen LogP contribution is 2.21. The summed E-state index contributed by atoms with van der Waals surface area (Å²) in [5.74, 6) is -0.753. The summed E-state index contributed by atoms with van der Waals surface area (Å²) >= 11 is 0. The number of nitrogens with one attached hydrogen (secondary N) is 2. The number of carbonyl (C=O) groups is 1. The Morgan fingerprint density at radius 1 is 1.28 bits per heavy atom. The molecule has 2 aromatic carbocycles. The number of imidazole rings is 1. The molecule has 2 N–H and O–H groups in total. The Hall–Kier alpha value is -2.77. The average molecular weight is 343 g/mol. The normalized spacial score (nSPS) is 11.0. The van der Waals surface area contributed by atoms with E-state index in [-0.39, 0.29) is 12.5 Å². The molecule has 1 aromatic heterocycles. The number of carbonyl (C=O) groups excluding carboxylic acids is 1. The zero-order chi connectivity index (χ0) is 17.6. The second-order valence-corrected chi connectivity index (χ2v) is 5.41. The monoisotopic (exact) mass is 343 g/mol. The van der Waals surface area contributed by atoms with Crippen LogP contribution in [0.2, 0.25) is 0 Å². The lowest BCUT2D eigenvalue weighted by molar-refractivity contribution is 0.0604. The van der Waals surface area contributed by atoms with E-state index in [1.807, 2.05) is 12.1 Å². The molecule has 0 saturated carbocycles. The van der Waals surface area contributed by atoms with E-state index in [0.29, 0.717) is 35.5 Å². The Bertz CT molecular complexity index is 879. The van der Waals surface area contributed by atoms with E-state index in [0.717, 1.165) is 5.52 Å². The summed E-state index contributed by atoms with van der Waals surface area (Å²) in [6, 6.07) is 9.63.